The highest BCUT2D eigenvalue weighted by molar-refractivity contribution is 7.92. The van der Waals surface area contributed by atoms with Crippen LogP contribution in [0.3, 0.4) is 0 Å². The van der Waals surface area contributed by atoms with E-state index in [2.05, 4.69) is 5.14 Å². The Bertz CT molecular complexity index is 381. The molecule has 5 nitrogen and oxygen atoms in total. The maximum absolute atomic E-state index is 11.7. The zero-order chi connectivity index (χ0) is 11.6. The molecule has 0 bridgehead atoms. The highest BCUT2D eigenvalue weighted by atomic mass is 32.2. The molecule has 0 atom stereocenters. The number of rotatable bonds is 4. The van der Waals surface area contributed by atoms with Gasteiger partial charge in [0.15, 0.2) is 0 Å². The number of sulfonamides is 1. The largest absolute Gasteiger partial charge is 0.497 e. The van der Waals surface area contributed by atoms with Crippen molar-refractivity contribution in [3.05, 3.63) is 0 Å². The first kappa shape index (κ1) is 13.7. The van der Waals surface area contributed by atoms with Gasteiger partial charge >= 0.3 is 5.51 Å². The van der Waals surface area contributed by atoms with Crippen molar-refractivity contribution in [1.29, 1.82) is 0 Å². The lowest BCUT2D eigenvalue weighted by atomic mass is 10.6. The van der Waals surface area contributed by atoms with E-state index in [1.165, 1.54) is 0 Å². The van der Waals surface area contributed by atoms with Crippen molar-refractivity contribution in [1.82, 2.24) is 0 Å². The predicted molar refractivity (Wildman–Crippen MR) is 42.4 cm³/mol. The van der Waals surface area contributed by atoms with Crippen LogP contribution in [-0.2, 0) is 19.9 Å². The van der Waals surface area contributed by atoms with E-state index >= 15 is 0 Å². The van der Waals surface area contributed by atoms with E-state index in [1.807, 2.05) is 0 Å². The molecule has 0 aliphatic carbocycles. The van der Waals surface area contributed by atoms with Gasteiger partial charge in [0.25, 0.3) is 0 Å². The van der Waals surface area contributed by atoms with Crippen LogP contribution >= 0.6 is 0 Å². The molecule has 0 saturated heterocycles. The highest BCUT2D eigenvalue weighted by Gasteiger charge is 2.44. The minimum atomic E-state index is -5.34. The van der Waals surface area contributed by atoms with E-state index in [0.717, 1.165) is 0 Å². The molecule has 0 unspecified atom stereocenters. The summed E-state index contributed by atoms with van der Waals surface area (Å²) in [5, 5.41) is 4.47. The molecule has 0 radical (unpaired) electrons. The Morgan fingerprint density at radius 3 is 1.71 bits per heavy atom. The normalized spacial score (nSPS) is 14.3. The Balaban J connectivity index is 4.31. The minimum absolute atomic E-state index is 0.666. The maximum Gasteiger partial charge on any atom is 0.497 e. The molecule has 0 aromatic heterocycles. The number of halogens is 3. The van der Waals surface area contributed by atoms with E-state index in [1.54, 1.807) is 0 Å². The summed E-state index contributed by atoms with van der Waals surface area (Å²) in [6.45, 7) is 0. The Morgan fingerprint density at radius 2 is 1.43 bits per heavy atom. The lowest BCUT2D eigenvalue weighted by molar-refractivity contribution is -0.0435. The third-order valence-electron chi connectivity index (χ3n) is 1.19. The first-order chi connectivity index (χ1) is 5.96. The van der Waals surface area contributed by atoms with Gasteiger partial charge in [0, 0.05) is 0 Å². The van der Waals surface area contributed by atoms with Crippen molar-refractivity contribution in [3.63, 3.8) is 0 Å². The van der Waals surface area contributed by atoms with Crippen LogP contribution in [0.1, 0.15) is 6.42 Å². The summed E-state index contributed by atoms with van der Waals surface area (Å²) in [7, 11) is -9.16. The molecule has 0 rings (SSSR count). The molecule has 10 heteroatoms. The Labute approximate surface area is 79.1 Å². The molecule has 0 spiro atoms. The Hall–Kier alpha value is -0.350. The van der Waals surface area contributed by atoms with Crippen LogP contribution in [0.15, 0.2) is 0 Å². The van der Waals surface area contributed by atoms with Crippen LogP contribution in [0, 0.1) is 0 Å². The Kier molecular flexibility index (Phi) is 3.93. The van der Waals surface area contributed by atoms with Gasteiger partial charge in [0.05, 0.1) is 11.5 Å². The zero-order valence-electron chi connectivity index (χ0n) is 6.78. The molecule has 2 N–H and O–H groups in total. The van der Waals surface area contributed by atoms with E-state index in [0.29, 0.717) is 0 Å². The van der Waals surface area contributed by atoms with Gasteiger partial charge in [-0.3, -0.25) is 0 Å². The van der Waals surface area contributed by atoms with Gasteiger partial charge in [-0.15, -0.1) is 0 Å². The summed E-state index contributed by atoms with van der Waals surface area (Å²) in [6.07, 6.45) is -0.666. The topological polar surface area (TPSA) is 94.3 Å². The van der Waals surface area contributed by atoms with Gasteiger partial charge in [-0.05, 0) is 6.42 Å². The van der Waals surface area contributed by atoms with Crippen LogP contribution < -0.4 is 5.14 Å². The third-order valence-corrected chi connectivity index (χ3v) is 3.58. The van der Waals surface area contributed by atoms with E-state index in [4.69, 9.17) is 0 Å². The average Bonchev–Trinajstić information content (AvgIpc) is 1.80. The van der Waals surface area contributed by atoms with Crippen molar-refractivity contribution in [2.24, 2.45) is 5.14 Å². The van der Waals surface area contributed by atoms with Crippen molar-refractivity contribution in [3.8, 4) is 0 Å². The van der Waals surface area contributed by atoms with Crippen LogP contribution in [0.2, 0.25) is 0 Å². The number of primary sulfonamides is 1. The number of hydrogen-bond donors (Lipinski definition) is 1. The summed E-state index contributed by atoms with van der Waals surface area (Å²) in [4.78, 5) is 0. The quantitative estimate of drug-likeness (QED) is 0.739. The van der Waals surface area contributed by atoms with E-state index < -0.39 is 43.3 Å². The molecule has 0 aliphatic rings. The summed E-state index contributed by atoms with van der Waals surface area (Å²) >= 11 is 0. The average molecular weight is 255 g/mol. The predicted octanol–water partition coefficient (Wildman–Crippen LogP) is -0.400. The van der Waals surface area contributed by atoms with Crippen molar-refractivity contribution in [2.75, 3.05) is 11.5 Å². The van der Waals surface area contributed by atoms with Gasteiger partial charge in [-0.25, -0.2) is 22.0 Å². The molecule has 0 saturated carbocycles. The van der Waals surface area contributed by atoms with Crippen molar-refractivity contribution < 1.29 is 30.0 Å². The second-order valence-corrected chi connectivity index (χ2v) is 6.32. The minimum Gasteiger partial charge on any atom is -0.229 e. The van der Waals surface area contributed by atoms with Crippen LogP contribution in [0.5, 0.6) is 0 Å². The number of hydrogen-bond acceptors (Lipinski definition) is 4. The molecule has 86 valence electrons. The van der Waals surface area contributed by atoms with Gasteiger partial charge in [0.1, 0.15) is 0 Å². The van der Waals surface area contributed by atoms with Crippen LogP contribution in [0.25, 0.3) is 0 Å². The zero-order valence-corrected chi connectivity index (χ0v) is 8.42. The summed E-state index contributed by atoms with van der Waals surface area (Å²) in [5.74, 6) is -2.06. The second kappa shape index (κ2) is 4.03. The van der Waals surface area contributed by atoms with E-state index in [9.17, 15) is 30.0 Å². The summed E-state index contributed by atoms with van der Waals surface area (Å²) in [6, 6.07) is 0. The monoisotopic (exact) mass is 255 g/mol. The molecule has 0 amide bonds. The lowest BCUT2D eigenvalue weighted by Gasteiger charge is -2.06. The molecule has 0 fully saturated rings. The number of sulfone groups is 1. The Morgan fingerprint density at radius 1 is 1.00 bits per heavy atom. The molecule has 0 aromatic carbocycles. The summed E-state index contributed by atoms with van der Waals surface area (Å²) < 4.78 is 76.3. The third kappa shape index (κ3) is 4.77. The van der Waals surface area contributed by atoms with Gasteiger partial charge in [-0.1, -0.05) is 0 Å². The first-order valence-electron chi connectivity index (χ1n) is 3.25. The maximum atomic E-state index is 11.7. The van der Waals surface area contributed by atoms with Crippen LogP contribution in [-0.4, -0.2) is 33.8 Å². The first-order valence-corrected chi connectivity index (χ1v) is 6.62. The SMILES string of the molecule is NS(=O)(=O)CCCS(=O)(=O)C(F)(F)F. The highest BCUT2D eigenvalue weighted by Crippen LogP contribution is 2.24. The van der Waals surface area contributed by atoms with Crippen molar-refractivity contribution in [2.45, 2.75) is 11.9 Å². The molecule has 0 aromatic rings. The fourth-order valence-electron chi connectivity index (χ4n) is 0.566. The number of nitrogens with two attached hydrogens (primary N) is 1. The fraction of sp³-hybridized carbons (Fsp3) is 1.00. The second-order valence-electron chi connectivity index (χ2n) is 2.49. The molecule has 0 aliphatic heterocycles. The van der Waals surface area contributed by atoms with Gasteiger partial charge in [0.2, 0.25) is 19.9 Å². The van der Waals surface area contributed by atoms with E-state index in [-0.39, 0.29) is 0 Å². The molecule has 14 heavy (non-hydrogen) atoms. The van der Waals surface area contributed by atoms with Gasteiger partial charge in [-0.2, -0.15) is 13.2 Å². The summed E-state index contributed by atoms with van der Waals surface area (Å²) in [5.41, 5.74) is -5.34. The van der Waals surface area contributed by atoms with Gasteiger partial charge < -0.3 is 0 Å². The standard InChI is InChI=1S/C4H8F3NO4S2/c5-4(6,7)13(9,10)2-1-3-14(8,11)12/h1-3H2,(H2,8,11,12). The molecular formula is C4H8F3NO4S2. The smallest absolute Gasteiger partial charge is 0.229 e. The number of alkyl halides is 3. The molecular weight excluding hydrogens is 247 g/mol. The lowest BCUT2D eigenvalue weighted by Crippen LogP contribution is -2.28. The fourth-order valence-corrected chi connectivity index (χ4v) is 2.05. The van der Waals surface area contributed by atoms with Crippen LogP contribution in [0.4, 0.5) is 13.2 Å². The van der Waals surface area contributed by atoms with Crippen molar-refractivity contribution >= 4 is 19.9 Å². The molecule has 0 heterocycles.